The number of esters is 1. The lowest BCUT2D eigenvalue weighted by molar-refractivity contribution is -0.139. The summed E-state index contributed by atoms with van der Waals surface area (Å²) in [6.45, 7) is 6.28. The first-order chi connectivity index (χ1) is 6.13. The summed E-state index contributed by atoms with van der Waals surface area (Å²) in [7, 11) is 0. The van der Waals surface area contributed by atoms with Crippen molar-refractivity contribution in [3.63, 3.8) is 0 Å². The predicted molar refractivity (Wildman–Crippen MR) is 52.3 cm³/mol. The Balaban J connectivity index is 2.37. The van der Waals surface area contributed by atoms with Gasteiger partial charge in [-0.2, -0.15) is 0 Å². The van der Waals surface area contributed by atoms with Gasteiger partial charge in [0.25, 0.3) is 0 Å². The Morgan fingerprint density at radius 2 is 2.31 bits per heavy atom. The van der Waals surface area contributed by atoms with Gasteiger partial charge in [0.2, 0.25) is 0 Å². The van der Waals surface area contributed by atoms with Crippen LogP contribution in [-0.4, -0.2) is 12.1 Å². The third-order valence-corrected chi connectivity index (χ3v) is 2.59. The fraction of sp³-hybridized carbons (Fsp3) is 0.727. The van der Waals surface area contributed by atoms with Gasteiger partial charge in [-0.3, -0.25) is 0 Å². The molecule has 0 saturated carbocycles. The highest BCUT2D eigenvalue weighted by atomic mass is 16.5. The molecule has 0 fully saturated rings. The highest BCUT2D eigenvalue weighted by Gasteiger charge is 2.21. The summed E-state index contributed by atoms with van der Waals surface area (Å²) >= 11 is 0. The summed E-state index contributed by atoms with van der Waals surface area (Å²) in [5.74, 6) is 0.584. The minimum Gasteiger partial charge on any atom is -0.455 e. The maximum atomic E-state index is 11.2. The average Bonchev–Trinajstić information content (AvgIpc) is 2.41. The van der Waals surface area contributed by atoms with Gasteiger partial charge < -0.3 is 4.74 Å². The molecule has 1 heterocycles. The second-order valence-corrected chi connectivity index (χ2v) is 3.85. The van der Waals surface area contributed by atoms with Crippen molar-refractivity contribution in [3.8, 4) is 0 Å². The molecule has 0 amide bonds. The fourth-order valence-electron chi connectivity index (χ4n) is 1.42. The highest BCUT2D eigenvalue weighted by Crippen LogP contribution is 2.21. The summed E-state index contributed by atoms with van der Waals surface area (Å²) in [5, 5.41) is 0. The number of carbonyl (C=O) groups is 1. The van der Waals surface area contributed by atoms with Crippen LogP contribution in [0.4, 0.5) is 0 Å². The SMILES string of the molecule is CC[C@H](C)CCC1=C[C@H](C)OC1=O. The number of ether oxygens (including phenoxy) is 1. The zero-order valence-corrected chi connectivity index (χ0v) is 8.67. The van der Waals surface area contributed by atoms with E-state index in [1.165, 1.54) is 6.42 Å². The van der Waals surface area contributed by atoms with Gasteiger partial charge in [0, 0.05) is 5.57 Å². The van der Waals surface area contributed by atoms with Gasteiger partial charge in [-0.15, -0.1) is 0 Å². The second kappa shape index (κ2) is 4.45. The van der Waals surface area contributed by atoms with Crippen molar-refractivity contribution in [1.82, 2.24) is 0 Å². The first kappa shape index (κ1) is 10.3. The molecule has 0 unspecified atom stereocenters. The second-order valence-electron chi connectivity index (χ2n) is 3.85. The van der Waals surface area contributed by atoms with Gasteiger partial charge in [0.1, 0.15) is 6.10 Å². The van der Waals surface area contributed by atoms with E-state index >= 15 is 0 Å². The molecule has 2 nitrogen and oxygen atoms in total. The molecule has 0 saturated heterocycles. The van der Waals surface area contributed by atoms with Crippen molar-refractivity contribution < 1.29 is 9.53 Å². The van der Waals surface area contributed by atoms with Crippen LogP contribution in [0.5, 0.6) is 0 Å². The standard InChI is InChI=1S/C11H18O2/c1-4-8(2)5-6-10-7-9(3)13-11(10)12/h7-9H,4-6H2,1-3H3/t8-,9-/m0/s1. The molecular weight excluding hydrogens is 164 g/mol. The van der Waals surface area contributed by atoms with Gasteiger partial charge in [0.05, 0.1) is 0 Å². The summed E-state index contributed by atoms with van der Waals surface area (Å²) in [6.07, 6.45) is 5.06. The van der Waals surface area contributed by atoms with Gasteiger partial charge in [0.15, 0.2) is 0 Å². The van der Waals surface area contributed by atoms with Crippen LogP contribution < -0.4 is 0 Å². The minimum atomic E-state index is -0.115. The number of rotatable bonds is 4. The Kier molecular flexibility index (Phi) is 3.52. The van der Waals surface area contributed by atoms with Crippen molar-refractivity contribution in [3.05, 3.63) is 11.6 Å². The molecule has 2 heteroatoms. The Labute approximate surface area is 80.0 Å². The van der Waals surface area contributed by atoms with E-state index < -0.39 is 0 Å². The van der Waals surface area contributed by atoms with Crippen molar-refractivity contribution in [2.75, 3.05) is 0 Å². The molecule has 0 aromatic heterocycles. The summed E-state index contributed by atoms with van der Waals surface area (Å²) < 4.78 is 5.01. The molecule has 0 aromatic carbocycles. The Bertz CT molecular complexity index is 218. The third kappa shape index (κ3) is 2.87. The number of carbonyl (C=O) groups excluding carboxylic acids is 1. The van der Waals surface area contributed by atoms with Crippen LogP contribution in [0, 0.1) is 5.92 Å². The molecule has 2 atom stereocenters. The van der Waals surface area contributed by atoms with Crippen LogP contribution in [0.2, 0.25) is 0 Å². The quantitative estimate of drug-likeness (QED) is 0.625. The molecule has 0 spiro atoms. The molecule has 1 aliphatic rings. The fourth-order valence-corrected chi connectivity index (χ4v) is 1.42. The van der Waals surface area contributed by atoms with Crippen LogP contribution >= 0.6 is 0 Å². The first-order valence-corrected chi connectivity index (χ1v) is 5.05. The van der Waals surface area contributed by atoms with Crippen molar-refractivity contribution in [2.45, 2.75) is 46.1 Å². The summed E-state index contributed by atoms with van der Waals surface area (Å²) in [5.41, 5.74) is 0.868. The van der Waals surface area contributed by atoms with Crippen LogP contribution in [0.3, 0.4) is 0 Å². The first-order valence-electron chi connectivity index (χ1n) is 5.05. The topological polar surface area (TPSA) is 26.3 Å². The van der Waals surface area contributed by atoms with Gasteiger partial charge in [-0.1, -0.05) is 20.3 Å². The molecule has 0 N–H and O–H groups in total. The molecule has 0 bridgehead atoms. The molecule has 74 valence electrons. The van der Waals surface area contributed by atoms with E-state index in [-0.39, 0.29) is 12.1 Å². The van der Waals surface area contributed by atoms with Gasteiger partial charge in [-0.05, 0) is 31.8 Å². The Hall–Kier alpha value is -0.790. The monoisotopic (exact) mass is 182 g/mol. The zero-order chi connectivity index (χ0) is 9.84. The lowest BCUT2D eigenvalue weighted by atomic mass is 9.99. The zero-order valence-electron chi connectivity index (χ0n) is 8.67. The lowest BCUT2D eigenvalue weighted by Crippen LogP contribution is -2.04. The van der Waals surface area contributed by atoms with E-state index in [1.54, 1.807) is 0 Å². The molecule has 1 aliphatic heterocycles. The number of cyclic esters (lactones) is 1. The summed E-state index contributed by atoms with van der Waals surface area (Å²) in [6, 6.07) is 0. The van der Waals surface area contributed by atoms with E-state index in [1.807, 2.05) is 13.0 Å². The van der Waals surface area contributed by atoms with Crippen LogP contribution in [0.1, 0.15) is 40.0 Å². The average molecular weight is 182 g/mol. The molecule has 13 heavy (non-hydrogen) atoms. The van der Waals surface area contributed by atoms with Crippen LogP contribution in [0.25, 0.3) is 0 Å². The van der Waals surface area contributed by atoms with E-state index in [2.05, 4.69) is 13.8 Å². The number of hydrogen-bond acceptors (Lipinski definition) is 2. The molecular formula is C11H18O2. The smallest absolute Gasteiger partial charge is 0.334 e. The normalized spacial score (nSPS) is 24.1. The highest BCUT2D eigenvalue weighted by molar-refractivity contribution is 5.90. The molecule has 0 aliphatic carbocycles. The maximum Gasteiger partial charge on any atom is 0.334 e. The van der Waals surface area contributed by atoms with E-state index in [4.69, 9.17) is 4.74 Å². The van der Waals surface area contributed by atoms with E-state index in [9.17, 15) is 4.79 Å². The number of hydrogen-bond donors (Lipinski definition) is 0. The molecule has 0 aromatic rings. The summed E-state index contributed by atoms with van der Waals surface area (Å²) in [4.78, 5) is 11.2. The van der Waals surface area contributed by atoms with Crippen molar-refractivity contribution >= 4 is 5.97 Å². The van der Waals surface area contributed by atoms with Gasteiger partial charge >= 0.3 is 5.97 Å². The molecule has 1 rings (SSSR count). The molecule has 0 radical (unpaired) electrons. The predicted octanol–water partition coefficient (Wildman–Crippen LogP) is 2.68. The largest absolute Gasteiger partial charge is 0.455 e. The maximum absolute atomic E-state index is 11.2. The van der Waals surface area contributed by atoms with E-state index in [0.29, 0.717) is 5.92 Å². The Morgan fingerprint density at radius 3 is 2.77 bits per heavy atom. The van der Waals surface area contributed by atoms with Crippen LogP contribution in [-0.2, 0) is 9.53 Å². The van der Waals surface area contributed by atoms with Crippen molar-refractivity contribution in [1.29, 1.82) is 0 Å². The lowest BCUT2D eigenvalue weighted by Gasteiger charge is -2.06. The Morgan fingerprint density at radius 1 is 1.62 bits per heavy atom. The third-order valence-electron chi connectivity index (χ3n) is 2.59. The van der Waals surface area contributed by atoms with Gasteiger partial charge in [-0.25, -0.2) is 4.79 Å². The van der Waals surface area contributed by atoms with Crippen LogP contribution in [0.15, 0.2) is 11.6 Å². The van der Waals surface area contributed by atoms with Crippen molar-refractivity contribution in [2.24, 2.45) is 5.92 Å². The van der Waals surface area contributed by atoms with E-state index in [0.717, 1.165) is 18.4 Å². The minimum absolute atomic E-state index is 0.0144.